The number of nitrogens with one attached hydrogen (secondary N) is 1. The van der Waals surface area contributed by atoms with Gasteiger partial charge in [0.25, 0.3) is 15.9 Å². The molecule has 4 rings (SSSR count). The highest BCUT2D eigenvalue weighted by Gasteiger charge is 2.29. The lowest BCUT2D eigenvalue weighted by atomic mass is 10.2. The third-order valence-corrected chi connectivity index (χ3v) is 5.80. The van der Waals surface area contributed by atoms with Crippen molar-refractivity contribution in [2.45, 2.75) is 4.90 Å². The number of carbonyl (C=O) groups excluding carboxylic acids is 1. The van der Waals surface area contributed by atoms with Crippen LogP contribution < -0.4 is 4.72 Å². The van der Waals surface area contributed by atoms with Crippen molar-refractivity contribution < 1.29 is 31.1 Å². The molecule has 1 aromatic heterocycles. The summed E-state index contributed by atoms with van der Waals surface area (Å²) in [6.45, 7) is 1.37. The third-order valence-electron chi connectivity index (χ3n) is 4.47. The van der Waals surface area contributed by atoms with Crippen molar-refractivity contribution in [1.29, 1.82) is 0 Å². The fourth-order valence-corrected chi connectivity index (χ4v) is 4.21. The van der Waals surface area contributed by atoms with Gasteiger partial charge in [-0.3, -0.25) is 9.52 Å². The van der Waals surface area contributed by atoms with Gasteiger partial charge < -0.3 is 14.1 Å². The van der Waals surface area contributed by atoms with Crippen molar-refractivity contribution in [3.8, 4) is 0 Å². The van der Waals surface area contributed by atoms with Crippen molar-refractivity contribution in [1.82, 2.24) is 4.90 Å². The van der Waals surface area contributed by atoms with Gasteiger partial charge in [-0.05, 0) is 24.3 Å². The van der Waals surface area contributed by atoms with Crippen LogP contribution in [0.5, 0.6) is 0 Å². The number of morpholine rings is 1. The second-order valence-corrected chi connectivity index (χ2v) is 8.10. The topological polar surface area (TPSA) is 88.8 Å². The second-order valence-electron chi connectivity index (χ2n) is 6.42. The Hall–Kier alpha value is -2.98. The Labute approximate surface area is 164 Å². The van der Waals surface area contributed by atoms with Crippen molar-refractivity contribution in [3.63, 3.8) is 0 Å². The number of furan rings is 1. The van der Waals surface area contributed by atoms with Gasteiger partial charge in [0.1, 0.15) is 22.9 Å². The Morgan fingerprint density at radius 1 is 1.03 bits per heavy atom. The lowest BCUT2D eigenvalue weighted by molar-refractivity contribution is 0.0285. The monoisotopic (exact) mass is 422 g/mol. The zero-order valence-electron chi connectivity index (χ0n) is 15.0. The van der Waals surface area contributed by atoms with Gasteiger partial charge in [0, 0.05) is 24.5 Å². The van der Waals surface area contributed by atoms with Gasteiger partial charge in [0.15, 0.2) is 0 Å². The van der Waals surface area contributed by atoms with Gasteiger partial charge in [0.05, 0.1) is 18.1 Å². The number of nitrogens with zero attached hydrogens (tertiary/aromatic N) is 1. The largest absolute Gasteiger partial charge is 0.449 e. The highest BCUT2D eigenvalue weighted by atomic mass is 32.2. The Balaban J connectivity index is 1.79. The Kier molecular flexibility index (Phi) is 4.97. The number of anilines is 1. The summed E-state index contributed by atoms with van der Waals surface area (Å²) in [5.74, 6) is -2.78. The van der Waals surface area contributed by atoms with E-state index in [-0.39, 0.29) is 11.4 Å². The van der Waals surface area contributed by atoms with Gasteiger partial charge in [-0.25, -0.2) is 17.2 Å². The molecule has 10 heteroatoms. The van der Waals surface area contributed by atoms with Crippen LogP contribution in [0, 0.1) is 11.6 Å². The van der Waals surface area contributed by atoms with E-state index in [1.165, 1.54) is 4.90 Å². The summed E-state index contributed by atoms with van der Waals surface area (Å²) in [7, 11) is -4.39. The molecule has 3 aromatic rings. The number of rotatable bonds is 4. The number of sulfonamides is 1. The van der Waals surface area contributed by atoms with Crippen LogP contribution in [0.4, 0.5) is 14.5 Å². The minimum atomic E-state index is -4.39. The smallest absolute Gasteiger partial charge is 0.291 e. The number of para-hydroxylation sites is 1. The predicted octanol–water partition coefficient (Wildman–Crippen LogP) is 2.98. The number of ether oxygens (including phenoxy) is 1. The fourth-order valence-electron chi connectivity index (χ4n) is 3.08. The third kappa shape index (κ3) is 3.81. The summed E-state index contributed by atoms with van der Waals surface area (Å²) in [6, 6.07) is 8.45. The van der Waals surface area contributed by atoms with Crippen molar-refractivity contribution in [2.75, 3.05) is 31.0 Å². The van der Waals surface area contributed by atoms with E-state index in [0.29, 0.717) is 55.5 Å². The Morgan fingerprint density at radius 3 is 2.38 bits per heavy atom. The summed E-state index contributed by atoms with van der Waals surface area (Å²) >= 11 is 0. The normalized spacial score (nSPS) is 14.9. The molecule has 0 aliphatic carbocycles. The van der Waals surface area contributed by atoms with E-state index in [0.717, 1.165) is 0 Å². The summed E-state index contributed by atoms with van der Waals surface area (Å²) in [5, 5.41) is 0.351. The summed E-state index contributed by atoms with van der Waals surface area (Å²) in [6.07, 6.45) is 0. The van der Waals surface area contributed by atoms with E-state index in [1.54, 1.807) is 24.3 Å². The molecule has 1 aliphatic heterocycles. The molecule has 1 amide bonds. The van der Waals surface area contributed by atoms with Crippen LogP contribution in [0.1, 0.15) is 10.6 Å². The van der Waals surface area contributed by atoms with E-state index in [9.17, 15) is 22.0 Å². The van der Waals surface area contributed by atoms with E-state index in [4.69, 9.17) is 9.15 Å². The number of amides is 1. The highest BCUT2D eigenvalue weighted by molar-refractivity contribution is 7.92. The molecular weight excluding hydrogens is 406 g/mol. The molecule has 2 heterocycles. The first kappa shape index (κ1) is 19.3. The van der Waals surface area contributed by atoms with Crippen LogP contribution in [-0.2, 0) is 14.8 Å². The molecule has 0 unspecified atom stereocenters. The minimum Gasteiger partial charge on any atom is -0.449 e. The number of halogens is 2. The van der Waals surface area contributed by atoms with E-state index in [1.807, 2.05) is 0 Å². The average Bonchev–Trinajstić information content (AvgIpc) is 3.05. The minimum absolute atomic E-state index is 0.0817. The molecule has 0 atom stereocenters. The zero-order valence-corrected chi connectivity index (χ0v) is 15.8. The molecule has 0 radical (unpaired) electrons. The van der Waals surface area contributed by atoms with Crippen molar-refractivity contribution >= 4 is 32.6 Å². The van der Waals surface area contributed by atoms with Crippen LogP contribution >= 0.6 is 0 Å². The van der Waals surface area contributed by atoms with Crippen LogP contribution in [-0.4, -0.2) is 45.5 Å². The van der Waals surface area contributed by atoms with Crippen LogP contribution in [0.2, 0.25) is 0 Å². The first-order valence-corrected chi connectivity index (χ1v) is 10.2. The molecule has 1 fully saturated rings. The lowest BCUT2D eigenvalue weighted by Gasteiger charge is -2.26. The standard InChI is InChI=1S/C19H16F2N2O5S/c20-12-9-13(21)11-14(10-12)29(25,26)22-17-15-3-1-2-4-16(15)28-18(17)19(24)23-5-7-27-8-6-23/h1-4,9-11,22H,5-8H2. The Morgan fingerprint density at radius 2 is 1.69 bits per heavy atom. The van der Waals surface area contributed by atoms with Gasteiger partial charge in [0.2, 0.25) is 5.76 Å². The van der Waals surface area contributed by atoms with Crippen molar-refractivity contribution in [3.05, 3.63) is 59.9 Å². The molecule has 0 bridgehead atoms. The number of hydrogen-bond acceptors (Lipinski definition) is 5. The zero-order chi connectivity index (χ0) is 20.6. The predicted molar refractivity (Wildman–Crippen MR) is 100 cm³/mol. The van der Waals surface area contributed by atoms with Gasteiger partial charge >= 0.3 is 0 Å². The molecule has 1 N–H and O–H groups in total. The molecule has 0 saturated carbocycles. The first-order valence-electron chi connectivity index (χ1n) is 8.72. The molecular formula is C19H16F2N2O5S. The maximum Gasteiger partial charge on any atom is 0.291 e. The first-order chi connectivity index (χ1) is 13.8. The highest BCUT2D eigenvalue weighted by Crippen LogP contribution is 2.33. The number of benzene rings is 2. The van der Waals surface area contributed by atoms with E-state index >= 15 is 0 Å². The molecule has 2 aromatic carbocycles. The number of hydrogen-bond donors (Lipinski definition) is 1. The van der Waals surface area contributed by atoms with E-state index in [2.05, 4.69) is 4.72 Å². The molecule has 152 valence electrons. The molecule has 7 nitrogen and oxygen atoms in total. The average molecular weight is 422 g/mol. The Bertz CT molecular complexity index is 1170. The second kappa shape index (κ2) is 7.45. The summed E-state index contributed by atoms with van der Waals surface area (Å²) < 4.78 is 65.7. The maximum atomic E-state index is 13.5. The molecule has 1 aliphatic rings. The van der Waals surface area contributed by atoms with E-state index < -0.39 is 32.5 Å². The maximum absolute atomic E-state index is 13.5. The van der Waals surface area contributed by atoms with Crippen molar-refractivity contribution in [2.24, 2.45) is 0 Å². The summed E-state index contributed by atoms with van der Waals surface area (Å²) in [5.41, 5.74) is 0.217. The van der Waals surface area contributed by atoms with Gasteiger partial charge in [-0.1, -0.05) is 12.1 Å². The van der Waals surface area contributed by atoms with Gasteiger partial charge in [-0.15, -0.1) is 0 Å². The van der Waals surface area contributed by atoms with Crippen LogP contribution in [0.15, 0.2) is 51.8 Å². The lowest BCUT2D eigenvalue weighted by Crippen LogP contribution is -2.40. The molecule has 29 heavy (non-hydrogen) atoms. The number of carbonyl (C=O) groups is 1. The SMILES string of the molecule is O=C(c1oc2ccccc2c1NS(=O)(=O)c1cc(F)cc(F)c1)N1CCOCC1. The van der Waals surface area contributed by atoms with Crippen LogP contribution in [0.3, 0.4) is 0 Å². The number of fused-ring (bicyclic) bond motifs is 1. The fraction of sp³-hybridized carbons (Fsp3) is 0.211. The quantitative estimate of drug-likeness (QED) is 0.698. The van der Waals surface area contributed by atoms with Crippen LogP contribution in [0.25, 0.3) is 11.0 Å². The molecule has 1 saturated heterocycles. The van der Waals surface area contributed by atoms with Gasteiger partial charge in [-0.2, -0.15) is 0 Å². The summed E-state index contributed by atoms with van der Waals surface area (Å²) in [4.78, 5) is 13.8. The molecule has 0 spiro atoms.